The molecule has 0 saturated carbocycles. The summed E-state index contributed by atoms with van der Waals surface area (Å²) in [7, 11) is 1.35. The maximum atomic E-state index is 13.2. The molecule has 154 valence electrons. The molecule has 7 nitrogen and oxygen atoms in total. The monoisotopic (exact) mass is 414 g/mol. The van der Waals surface area contributed by atoms with E-state index in [9.17, 15) is 19.5 Å². The number of benzene rings is 2. The third kappa shape index (κ3) is 3.76. The molecular weight excluding hydrogens is 396 g/mol. The van der Waals surface area contributed by atoms with Crippen molar-refractivity contribution in [1.82, 2.24) is 4.40 Å². The van der Waals surface area contributed by atoms with Crippen molar-refractivity contribution in [3.05, 3.63) is 90.3 Å². The van der Waals surface area contributed by atoms with Crippen LogP contribution in [0.2, 0.25) is 0 Å². The van der Waals surface area contributed by atoms with Gasteiger partial charge in [-0.3, -0.25) is 9.59 Å². The van der Waals surface area contributed by atoms with Crippen LogP contribution in [-0.4, -0.2) is 34.3 Å². The van der Waals surface area contributed by atoms with Crippen molar-refractivity contribution in [2.24, 2.45) is 0 Å². The molecule has 2 heterocycles. The van der Waals surface area contributed by atoms with Crippen LogP contribution in [0.5, 0.6) is 5.75 Å². The Morgan fingerprint density at radius 3 is 2.39 bits per heavy atom. The summed E-state index contributed by atoms with van der Waals surface area (Å²) in [6.45, 7) is 0. The first kappa shape index (κ1) is 19.9. The molecule has 0 aliphatic rings. The van der Waals surface area contributed by atoms with Gasteiger partial charge < -0.3 is 19.6 Å². The summed E-state index contributed by atoms with van der Waals surface area (Å²) < 4.78 is 6.69. The van der Waals surface area contributed by atoms with E-state index in [-0.39, 0.29) is 22.7 Å². The molecule has 2 aromatic heterocycles. The van der Waals surface area contributed by atoms with Gasteiger partial charge >= 0.3 is 5.97 Å². The molecule has 0 saturated heterocycles. The largest absolute Gasteiger partial charge is 0.496 e. The van der Waals surface area contributed by atoms with Gasteiger partial charge in [0.15, 0.2) is 0 Å². The van der Waals surface area contributed by atoms with Crippen LogP contribution in [0.1, 0.15) is 20.8 Å². The summed E-state index contributed by atoms with van der Waals surface area (Å²) in [5, 5.41) is 11.8. The number of amides is 1. The van der Waals surface area contributed by atoms with Crippen LogP contribution in [0.25, 0.3) is 16.6 Å². The van der Waals surface area contributed by atoms with Crippen molar-refractivity contribution in [2.75, 3.05) is 12.4 Å². The van der Waals surface area contributed by atoms with Gasteiger partial charge in [0.2, 0.25) is 0 Å². The number of nitrogens with one attached hydrogen (secondary N) is 1. The molecule has 7 heteroatoms. The molecule has 0 atom stereocenters. The summed E-state index contributed by atoms with van der Waals surface area (Å²) in [5.41, 5.74) is 2.50. The third-order valence-corrected chi connectivity index (χ3v) is 4.87. The average molecular weight is 414 g/mol. The number of hydrogen-bond acceptors (Lipinski definition) is 4. The van der Waals surface area contributed by atoms with E-state index in [0.29, 0.717) is 5.56 Å². The topological polar surface area (TPSA) is 97.1 Å². The average Bonchev–Trinajstić information content (AvgIpc) is 3.18. The number of anilines is 1. The minimum Gasteiger partial charge on any atom is -0.496 e. The second-order valence-electron chi connectivity index (χ2n) is 6.77. The first-order chi connectivity index (χ1) is 15.0. The minimum absolute atomic E-state index is 0.120. The summed E-state index contributed by atoms with van der Waals surface area (Å²) in [6, 6.07) is 20.8. The fourth-order valence-corrected chi connectivity index (χ4v) is 3.44. The van der Waals surface area contributed by atoms with Gasteiger partial charge in [0.05, 0.1) is 7.11 Å². The number of aromatic carboxylic acids is 1. The number of nitrogens with zero attached hydrogens (tertiary/aromatic N) is 1. The second-order valence-corrected chi connectivity index (χ2v) is 6.77. The number of methoxy groups -OCH3 is 1. The smallest absolute Gasteiger partial charge is 0.339 e. The molecule has 0 aliphatic carbocycles. The SMILES string of the molecule is COc1ccc(NC(=O)C(=O)c2c(-c3ccccc3)cc3ccccn23)cc1C(=O)O. The van der Waals surface area contributed by atoms with Crippen LogP contribution in [0.15, 0.2) is 79.0 Å². The molecule has 0 bridgehead atoms. The first-order valence-corrected chi connectivity index (χ1v) is 9.42. The van der Waals surface area contributed by atoms with Crippen LogP contribution in [0.3, 0.4) is 0 Å². The number of carbonyl (C=O) groups excluding carboxylic acids is 2. The van der Waals surface area contributed by atoms with Crippen molar-refractivity contribution >= 4 is 28.9 Å². The van der Waals surface area contributed by atoms with Gasteiger partial charge in [-0.15, -0.1) is 0 Å². The zero-order valence-electron chi connectivity index (χ0n) is 16.5. The number of fused-ring (bicyclic) bond motifs is 1. The Hall–Kier alpha value is -4.39. The van der Waals surface area contributed by atoms with Crippen LogP contribution in [0, 0.1) is 0 Å². The Morgan fingerprint density at radius 1 is 0.935 bits per heavy atom. The van der Waals surface area contributed by atoms with Crippen molar-refractivity contribution in [3.8, 4) is 16.9 Å². The van der Waals surface area contributed by atoms with E-state index in [1.54, 1.807) is 16.7 Å². The van der Waals surface area contributed by atoms with Gasteiger partial charge in [0.1, 0.15) is 17.0 Å². The molecule has 31 heavy (non-hydrogen) atoms. The van der Waals surface area contributed by atoms with Crippen molar-refractivity contribution in [2.45, 2.75) is 0 Å². The van der Waals surface area contributed by atoms with Crippen LogP contribution >= 0.6 is 0 Å². The molecule has 0 fully saturated rings. The van der Waals surface area contributed by atoms with E-state index in [1.807, 2.05) is 48.5 Å². The molecule has 0 radical (unpaired) electrons. The Morgan fingerprint density at radius 2 is 1.68 bits per heavy atom. The standard InChI is InChI=1S/C24H18N2O5/c1-31-20-11-10-16(13-19(20)24(29)30)25-23(28)22(27)21-18(15-7-3-2-4-8-15)14-17-9-5-6-12-26(17)21/h2-14H,1H3,(H,25,28)(H,29,30). The van der Waals surface area contributed by atoms with Gasteiger partial charge in [-0.05, 0) is 42.0 Å². The molecule has 0 spiro atoms. The molecular formula is C24H18N2O5. The number of hydrogen-bond donors (Lipinski definition) is 2. The van der Waals surface area contributed by atoms with E-state index in [4.69, 9.17) is 4.74 Å². The van der Waals surface area contributed by atoms with E-state index in [0.717, 1.165) is 11.1 Å². The lowest BCUT2D eigenvalue weighted by Gasteiger charge is -2.10. The fraction of sp³-hybridized carbons (Fsp3) is 0.0417. The fourth-order valence-electron chi connectivity index (χ4n) is 3.44. The molecule has 0 unspecified atom stereocenters. The lowest BCUT2D eigenvalue weighted by Crippen LogP contribution is -2.24. The van der Waals surface area contributed by atoms with Crippen molar-refractivity contribution < 1.29 is 24.2 Å². The van der Waals surface area contributed by atoms with E-state index in [1.165, 1.54) is 25.3 Å². The number of rotatable bonds is 6. The minimum atomic E-state index is -1.21. The summed E-state index contributed by atoms with van der Waals surface area (Å²) in [5.74, 6) is -2.66. The summed E-state index contributed by atoms with van der Waals surface area (Å²) >= 11 is 0. The lowest BCUT2D eigenvalue weighted by molar-refractivity contribution is -0.112. The lowest BCUT2D eigenvalue weighted by atomic mass is 10.0. The number of ether oxygens (including phenoxy) is 1. The highest BCUT2D eigenvalue weighted by molar-refractivity contribution is 6.47. The Bertz CT molecular complexity index is 1310. The number of carboxylic acids is 1. The highest BCUT2D eigenvalue weighted by Gasteiger charge is 2.25. The quantitative estimate of drug-likeness (QED) is 0.365. The summed E-state index contributed by atoms with van der Waals surface area (Å²) in [4.78, 5) is 37.4. The normalized spacial score (nSPS) is 10.6. The van der Waals surface area contributed by atoms with Gasteiger partial charge in [-0.2, -0.15) is 0 Å². The Kier molecular flexibility index (Phi) is 5.24. The highest BCUT2D eigenvalue weighted by atomic mass is 16.5. The zero-order chi connectivity index (χ0) is 22.0. The molecule has 0 aliphatic heterocycles. The number of carboxylic acid groups (broad SMARTS) is 1. The van der Waals surface area contributed by atoms with Gasteiger partial charge in [0, 0.05) is 23.0 Å². The molecule has 1 amide bonds. The molecule has 2 N–H and O–H groups in total. The number of pyridine rings is 1. The van der Waals surface area contributed by atoms with Crippen LogP contribution in [0.4, 0.5) is 5.69 Å². The molecule has 4 aromatic rings. The van der Waals surface area contributed by atoms with Crippen molar-refractivity contribution in [1.29, 1.82) is 0 Å². The van der Waals surface area contributed by atoms with Crippen molar-refractivity contribution in [3.63, 3.8) is 0 Å². The van der Waals surface area contributed by atoms with Gasteiger partial charge in [0.25, 0.3) is 11.7 Å². The zero-order valence-corrected chi connectivity index (χ0v) is 16.5. The predicted molar refractivity (Wildman–Crippen MR) is 116 cm³/mol. The Labute approximate surface area is 177 Å². The highest BCUT2D eigenvalue weighted by Crippen LogP contribution is 2.29. The number of aromatic nitrogens is 1. The molecule has 2 aromatic carbocycles. The number of carbonyl (C=O) groups is 3. The van der Waals surface area contributed by atoms with E-state index in [2.05, 4.69) is 5.32 Å². The Balaban J connectivity index is 1.72. The second kappa shape index (κ2) is 8.16. The van der Waals surface area contributed by atoms with Gasteiger partial charge in [-0.1, -0.05) is 36.4 Å². The first-order valence-electron chi connectivity index (χ1n) is 9.42. The van der Waals surface area contributed by atoms with Gasteiger partial charge in [-0.25, -0.2) is 4.79 Å². The number of Topliss-reactive ketones (excluding diaryl/α,β-unsaturated/α-hetero) is 1. The molecule has 4 rings (SSSR count). The number of ketones is 1. The summed E-state index contributed by atoms with van der Waals surface area (Å²) in [6.07, 6.45) is 1.72. The maximum Gasteiger partial charge on any atom is 0.339 e. The third-order valence-electron chi connectivity index (χ3n) is 4.87. The van der Waals surface area contributed by atoms with E-state index >= 15 is 0 Å². The van der Waals surface area contributed by atoms with Crippen LogP contribution < -0.4 is 10.1 Å². The predicted octanol–water partition coefficient (Wildman–Crippen LogP) is 4.13. The van der Waals surface area contributed by atoms with Crippen LogP contribution in [-0.2, 0) is 4.79 Å². The maximum absolute atomic E-state index is 13.2. The van der Waals surface area contributed by atoms with E-state index < -0.39 is 17.7 Å².